The van der Waals surface area contributed by atoms with Gasteiger partial charge in [-0.2, -0.15) is 0 Å². The Kier molecular flexibility index (Phi) is 4.30. The third-order valence-corrected chi connectivity index (χ3v) is 4.28. The van der Waals surface area contributed by atoms with Crippen molar-refractivity contribution in [2.75, 3.05) is 7.11 Å². The van der Waals surface area contributed by atoms with Crippen LogP contribution in [-0.2, 0) is 16.1 Å². The first kappa shape index (κ1) is 16.1. The third-order valence-electron chi connectivity index (χ3n) is 4.28. The Morgan fingerprint density at radius 2 is 1.79 bits per heavy atom. The first-order chi connectivity index (χ1) is 11.6. The van der Waals surface area contributed by atoms with Crippen LogP contribution in [0.1, 0.15) is 18.1 Å². The molecule has 1 unspecified atom stereocenters. The molecule has 2 aromatic carbocycles. The molecule has 0 heterocycles. The van der Waals surface area contributed by atoms with Crippen LogP contribution in [0.5, 0.6) is 0 Å². The molecule has 2 aromatic rings. The Morgan fingerprint density at radius 1 is 1.12 bits per heavy atom. The Hall–Kier alpha value is -2.75. The highest BCUT2D eigenvalue weighted by Crippen LogP contribution is 2.53. The number of hydrogen-bond donors (Lipinski definition) is 0. The van der Waals surface area contributed by atoms with Gasteiger partial charge in [-0.25, -0.2) is 4.39 Å². The summed E-state index contributed by atoms with van der Waals surface area (Å²) >= 11 is 0. The fourth-order valence-electron chi connectivity index (χ4n) is 2.82. The minimum absolute atomic E-state index is 0.307. The molecule has 3 nitrogen and oxygen atoms in total. The van der Waals surface area contributed by atoms with E-state index in [1.54, 1.807) is 12.1 Å². The zero-order valence-corrected chi connectivity index (χ0v) is 13.6. The topological polar surface area (TPSA) is 38.7 Å². The summed E-state index contributed by atoms with van der Waals surface area (Å²) in [6.45, 7) is 2.32. The average molecular weight is 323 g/mol. The second-order valence-electron chi connectivity index (χ2n) is 5.75. The lowest BCUT2D eigenvalue weighted by molar-refractivity contribution is -0.143. The van der Waals surface area contributed by atoms with Crippen molar-refractivity contribution in [3.8, 4) is 0 Å². The number of carbonyl (C=O) groups is 1. The molecule has 4 heteroatoms. The number of benzene rings is 2. The normalized spacial score (nSPS) is 19.6. The van der Waals surface area contributed by atoms with E-state index in [-0.39, 0.29) is 11.8 Å². The van der Waals surface area contributed by atoms with Gasteiger partial charge in [-0.3, -0.25) is 9.79 Å². The molecule has 1 aliphatic carbocycles. The van der Waals surface area contributed by atoms with Gasteiger partial charge in [0.1, 0.15) is 11.2 Å². The molecule has 0 saturated heterocycles. The van der Waals surface area contributed by atoms with Crippen LogP contribution >= 0.6 is 0 Å². The molecule has 1 atom stereocenters. The highest BCUT2D eigenvalue weighted by Gasteiger charge is 2.55. The van der Waals surface area contributed by atoms with E-state index in [9.17, 15) is 9.18 Å². The number of esters is 1. The van der Waals surface area contributed by atoms with E-state index in [0.717, 1.165) is 16.7 Å². The number of ether oxygens (including phenoxy) is 1. The maximum Gasteiger partial charge on any atom is 0.326 e. The van der Waals surface area contributed by atoms with Gasteiger partial charge in [0.2, 0.25) is 0 Å². The highest BCUT2D eigenvalue weighted by atomic mass is 19.1. The molecule has 0 fully saturated rings. The third kappa shape index (κ3) is 2.87. The van der Waals surface area contributed by atoms with Gasteiger partial charge in [-0.1, -0.05) is 48.5 Å². The molecular weight excluding hydrogens is 305 g/mol. The lowest BCUT2D eigenvalue weighted by atomic mass is 9.91. The van der Waals surface area contributed by atoms with Crippen LogP contribution in [0.4, 0.5) is 4.39 Å². The second kappa shape index (κ2) is 6.40. The van der Waals surface area contributed by atoms with Gasteiger partial charge >= 0.3 is 5.97 Å². The van der Waals surface area contributed by atoms with Gasteiger partial charge in [0.05, 0.1) is 13.7 Å². The summed E-state index contributed by atoms with van der Waals surface area (Å²) in [7, 11) is 1.36. The van der Waals surface area contributed by atoms with Crippen LogP contribution in [0, 0.1) is 11.2 Å². The van der Waals surface area contributed by atoms with E-state index in [1.165, 1.54) is 19.2 Å². The molecule has 0 saturated carbocycles. The van der Waals surface area contributed by atoms with E-state index in [4.69, 9.17) is 4.74 Å². The van der Waals surface area contributed by atoms with Crippen LogP contribution in [0.25, 0.3) is 5.57 Å². The summed E-state index contributed by atoms with van der Waals surface area (Å²) in [6, 6.07) is 15.9. The smallest absolute Gasteiger partial charge is 0.326 e. The highest BCUT2D eigenvalue weighted by molar-refractivity contribution is 6.25. The molecule has 0 spiro atoms. The van der Waals surface area contributed by atoms with Crippen molar-refractivity contribution >= 4 is 17.3 Å². The van der Waals surface area contributed by atoms with Crippen LogP contribution in [0.15, 0.2) is 65.7 Å². The van der Waals surface area contributed by atoms with Crippen LogP contribution in [-0.4, -0.2) is 18.8 Å². The Morgan fingerprint density at radius 3 is 2.42 bits per heavy atom. The van der Waals surface area contributed by atoms with Gasteiger partial charge in [-0.15, -0.1) is 0 Å². The maximum atomic E-state index is 13.1. The summed E-state index contributed by atoms with van der Waals surface area (Å²) in [5.74, 6) is -0.672. The zero-order chi connectivity index (χ0) is 17.2. The number of nitrogens with zero attached hydrogens (tertiary/aromatic N) is 1. The number of carbonyl (C=O) groups excluding carboxylic acids is 1. The summed E-state index contributed by atoms with van der Waals surface area (Å²) in [5, 5.41) is 0. The number of methoxy groups -OCH3 is 1. The lowest BCUT2D eigenvalue weighted by Gasteiger charge is -2.16. The fourth-order valence-corrected chi connectivity index (χ4v) is 2.82. The van der Waals surface area contributed by atoms with E-state index in [1.807, 2.05) is 43.3 Å². The molecule has 3 rings (SSSR count). The predicted molar refractivity (Wildman–Crippen MR) is 92.1 cm³/mol. The number of rotatable bonds is 5. The molecular formula is C20H18FNO2. The molecule has 24 heavy (non-hydrogen) atoms. The predicted octanol–water partition coefficient (Wildman–Crippen LogP) is 4.04. The van der Waals surface area contributed by atoms with Crippen molar-refractivity contribution in [1.82, 2.24) is 0 Å². The van der Waals surface area contributed by atoms with Crippen LogP contribution in [0.2, 0.25) is 0 Å². The molecule has 0 radical (unpaired) electrons. The maximum absolute atomic E-state index is 13.1. The van der Waals surface area contributed by atoms with Crippen LogP contribution in [0.3, 0.4) is 0 Å². The average Bonchev–Trinajstić information content (AvgIpc) is 3.37. The molecule has 1 aliphatic rings. The minimum Gasteiger partial charge on any atom is -0.468 e. The molecule has 0 amide bonds. The molecule has 0 aliphatic heterocycles. The van der Waals surface area contributed by atoms with Gasteiger partial charge in [0, 0.05) is 5.71 Å². The molecule has 0 N–H and O–H groups in total. The van der Waals surface area contributed by atoms with Crippen LogP contribution < -0.4 is 0 Å². The van der Waals surface area contributed by atoms with Crippen molar-refractivity contribution in [3.05, 3.63) is 77.6 Å². The number of halogens is 1. The monoisotopic (exact) mass is 323 g/mol. The quantitative estimate of drug-likeness (QED) is 0.615. The van der Waals surface area contributed by atoms with E-state index < -0.39 is 5.41 Å². The van der Waals surface area contributed by atoms with E-state index >= 15 is 0 Å². The van der Waals surface area contributed by atoms with Crippen molar-refractivity contribution in [3.63, 3.8) is 0 Å². The first-order valence-corrected chi connectivity index (χ1v) is 7.71. The summed E-state index contributed by atoms with van der Waals surface area (Å²) in [4.78, 5) is 17.0. The lowest BCUT2D eigenvalue weighted by Crippen LogP contribution is -2.28. The summed E-state index contributed by atoms with van der Waals surface area (Å²) < 4.78 is 18.1. The van der Waals surface area contributed by atoms with E-state index in [0.29, 0.717) is 12.3 Å². The Balaban J connectivity index is 1.86. The molecule has 122 valence electrons. The molecule has 0 aromatic heterocycles. The van der Waals surface area contributed by atoms with Gasteiger partial charge in [0.15, 0.2) is 0 Å². The second-order valence-corrected chi connectivity index (χ2v) is 5.75. The van der Waals surface area contributed by atoms with E-state index in [2.05, 4.69) is 4.99 Å². The van der Waals surface area contributed by atoms with Crippen molar-refractivity contribution in [1.29, 1.82) is 0 Å². The summed E-state index contributed by atoms with van der Waals surface area (Å²) in [5.41, 5.74) is 2.43. The zero-order valence-electron chi connectivity index (χ0n) is 13.6. The first-order valence-electron chi connectivity index (χ1n) is 7.71. The van der Waals surface area contributed by atoms with Crippen molar-refractivity contribution in [2.24, 2.45) is 10.4 Å². The van der Waals surface area contributed by atoms with Gasteiger partial charge < -0.3 is 4.74 Å². The van der Waals surface area contributed by atoms with Crippen molar-refractivity contribution in [2.45, 2.75) is 13.5 Å². The van der Waals surface area contributed by atoms with Gasteiger partial charge in [0.25, 0.3) is 0 Å². The molecule has 0 bridgehead atoms. The van der Waals surface area contributed by atoms with Crippen molar-refractivity contribution < 1.29 is 13.9 Å². The fraction of sp³-hybridized carbons (Fsp3) is 0.200. The van der Waals surface area contributed by atoms with Gasteiger partial charge in [-0.05, 0) is 35.8 Å². The number of hydrogen-bond acceptors (Lipinski definition) is 3. The Labute approximate surface area is 140 Å². The standard InChI is InChI=1S/C20H18FNO2/c1-14(22-13-15-6-4-3-5-7-15)20(19(23)24-2)12-18(20)16-8-10-17(21)11-9-16/h3-12H,13H2,1-2H3. The summed E-state index contributed by atoms with van der Waals surface area (Å²) in [6.07, 6.45) is 1.83. The number of aliphatic imine (C=N–C) groups is 1. The minimum atomic E-state index is -0.929. The SMILES string of the molecule is COC(=O)C1(C(C)=NCc2ccccc2)C=C1c1ccc(F)cc1. The Bertz CT molecular complexity index is 809. The largest absolute Gasteiger partial charge is 0.468 e.